The van der Waals surface area contributed by atoms with Gasteiger partial charge in [-0.15, -0.1) is 0 Å². The predicted octanol–water partition coefficient (Wildman–Crippen LogP) is 1.42. The maximum atomic E-state index is 12.4. The van der Waals surface area contributed by atoms with Gasteiger partial charge in [0.25, 0.3) is 5.69 Å². The summed E-state index contributed by atoms with van der Waals surface area (Å²) in [6, 6.07) is 4.88. The molecule has 0 saturated heterocycles. The number of aliphatic hydroxyl groups excluding tert-OH is 1. The smallest absolute Gasteiger partial charge is 0.289 e. The fraction of sp³-hybridized carbons (Fsp3) is 0.538. The van der Waals surface area contributed by atoms with Crippen LogP contribution in [0.2, 0.25) is 0 Å². The minimum atomic E-state index is -3.98. The van der Waals surface area contributed by atoms with E-state index in [1.54, 1.807) is 0 Å². The molecule has 1 aliphatic carbocycles. The van der Waals surface area contributed by atoms with Crippen LogP contribution in [0, 0.1) is 16.0 Å². The number of aliphatic hydroxyl groups is 1. The van der Waals surface area contributed by atoms with E-state index in [0.717, 1.165) is 19.3 Å². The normalized spacial score (nSPS) is 22.9. The standard InChI is InChI=1S/C13H18N2O5S/c16-9-10-5-1-2-6-11(10)14-21(19,20)13-8-4-3-7-12(13)15(17)18/h3-4,7-8,10-11,14,16H,1-2,5-6,9H2. The molecule has 0 amide bonds. The van der Waals surface area contributed by atoms with Crippen molar-refractivity contribution in [2.75, 3.05) is 6.61 Å². The number of para-hydroxylation sites is 1. The molecule has 1 aromatic carbocycles. The van der Waals surface area contributed by atoms with Crippen LogP contribution in [0.4, 0.5) is 5.69 Å². The van der Waals surface area contributed by atoms with Crippen LogP contribution in [0.15, 0.2) is 29.2 Å². The number of nitrogens with one attached hydrogen (secondary N) is 1. The molecule has 0 spiro atoms. The predicted molar refractivity (Wildman–Crippen MR) is 76.2 cm³/mol. The monoisotopic (exact) mass is 314 g/mol. The lowest BCUT2D eigenvalue weighted by Gasteiger charge is -2.30. The molecule has 0 heterocycles. The molecular formula is C13H18N2O5S. The second kappa shape index (κ2) is 6.50. The number of nitrogens with zero attached hydrogens (tertiary/aromatic N) is 1. The van der Waals surface area contributed by atoms with Crippen LogP contribution < -0.4 is 4.72 Å². The SMILES string of the molecule is O=[N+]([O-])c1ccccc1S(=O)(=O)NC1CCCCC1CO. The molecule has 2 atom stereocenters. The Bertz CT molecular complexity index is 617. The first-order chi connectivity index (χ1) is 9.95. The topological polar surface area (TPSA) is 110 Å². The van der Waals surface area contributed by atoms with Crippen molar-refractivity contribution in [2.45, 2.75) is 36.6 Å². The van der Waals surface area contributed by atoms with Crippen molar-refractivity contribution in [3.63, 3.8) is 0 Å². The third-order valence-corrected chi connectivity index (χ3v) is 5.34. The van der Waals surface area contributed by atoms with Crippen molar-refractivity contribution in [2.24, 2.45) is 5.92 Å². The zero-order valence-corrected chi connectivity index (χ0v) is 12.3. The zero-order valence-electron chi connectivity index (χ0n) is 11.4. The average Bonchev–Trinajstić information content (AvgIpc) is 2.47. The molecular weight excluding hydrogens is 296 g/mol. The van der Waals surface area contributed by atoms with Crippen LogP contribution in [-0.2, 0) is 10.0 Å². The Morgan fingerprint density at radius 3 is 2.62 bits per heavy atom. The summed E-state index contributed by atoms with van der Waals surface area (Å²) < 4.78 is 27.3. The maximum Gasteiger partial charge on any atom is 0.289 e. The van der Waals surface area contributed by atoms with E-state index in [9.17, 15) is 23.6 Å². The molecule has 1 aliphatic rings. The molecule has 0 aromatic heterocycles. The van der Waals surface area contributed by atoms with E-state index in [2.05, 4.69) is 4.72 Å². The van der Waals surface area contributed by atoms with E-state index in [1.165, 1.54) is 24.3 Å². The van der Waals surface area contributed by atoms with Crippen LogP contribution in [0.1, 0.15) is 25.7 Å². The zero-order chi connectivity index (χ0) is 15.5. The Morgan fingerprint density at radius 1 is 1.29 bits per heavy atom. The molecule has 2 rings (SSSR count). The van der Waals surface area contributed by atoms with Crippen molar-refractivity contribution in [3.8, 4) is 0 Å². The Hall–Kier alpha value is -1.51. The van der Waals surface area contributed by atoms with E-state index < -0.39 is 20.6 Å². The molecule has 1 saturated carbocycles. The summed E-state index contributed by atoms with van der Waals surface area (Å²) in [4.78, 5) is 9.91. The molecule has 0 bridgehead atoms. The van der Waals surface area contributed by atoms with Gasteiger partial charge in [-0.2, -0.15) is 0 Å². The largest absolute Gasteiger partial charge is 0.396 e. The third kappa shape index (κ3) is 3.58. The lowest BCUT2D eigenvalue weighted by molar-refractivity contribution is -0.387. The van der Waals surface area contributed by atoms with Gasteiger partial charge in [0.15, 0.2) is 4.90 Å². The van der Waals surface area contributed by atoms with Crippen molar-refractivity contribution in [1.82, 2.24) is 4.72 Å². The first kappa shape index (κ1) is 15.9. The molecule has 2 N–H and O–H groups in total. The number of sulfonamides is 1. The van der Waals surface area contributed by atoms with Gasteiger partial charge in [0.05, 0.1) is 4.92 Å². The first-order valence-electron chi connectivity index (χ1n) is 6.82. The summed E-state index contributed by atoms with van der Waals surface area (Å²) in [6.07, 6.45) is 3.21. The summed E-state index contributed by atoms with van der Waals surface area (Å²) in [6.45, 7) is -0.0932. The summed E-state index contributed by atoms with van der Waals surface area (Å²) in [5.41, 5.74) is -0.443. The van der Waals surface area contributed by atoms with E-state index in [-0.39, 0.29) is 23.5 Å². The van der Waals surface area contributed by atoms with Gasteiger partial charge in [-0.25, -0.2) is 13.1 Å². The number of rotatable bonds is 5. The average molecular weight is 314 g/mol. The number of nitro groups is 1. The lowest BCUT2D eigenvalue weighted by atomic mass is 9.86. The molecule has 8 heteroatoms. The Labute approximate surface area is 123 Å². The Morgan fingerprint density at radius 2 is 1.95 bits per heavy atom. The van der Waals surface area contributed by atoms with Crippen molar-refractivity contribution in [1.29, 1.82) is 0 Å². The Balaban J connectivity index is 2.28. The van der Waals surface area contributed by atoms with Gasteiger partial charge in [0.1, 0.15) is 0 Å². The van der Waals surface area contributed by atoms with E-state index in [4.69, 9.17) is 0 Å². The van der Waals surface area contributed by atoms with Gasteiger partial charge in [0, 0.05) is 18.7 Å². The van der Waals surface area contributed by atoms with Crippen LogP contribution in [0.3, 0.4) is 0 Å². The summed E-state index contributed by atoms with van der Waals surface area (Å²) in [7, 11) is -3.98. The van der Waals surface area contributed by atoms with Crippen LogP contribution in [0.25, 0.3) is 0 Å². The van der Waals surface area contributed by atoms with Crippen molar-refractivity contribution in [3.05, 3.63) is 34.4 Å². The van der Waals surface area contributed by atoms with Gasteiger partial charge in [-0.05, 0) is 24.8 Å². The third-order valence-electron chi connectivity index (χ3n) is 3.80. The number of hydrogen-bond acceptors (Lipinski definition) is 5. The van der Waals surface area contributed by atoms with Gasteiger partial charge < -0.3 is 5.11 Å². The highest BCUT2D eigenvalue weighted by atomic mass is 32.2. The molecule has 21 heavy (non-hydrogen) atoms. The second-order valence-electron chi connectivity index (χ2n) is 5.18. The highest BCUT2D eigenvalue weighted by Gasteiger charge is 2.32. The molecule has 1 fully saturated rings. The van der Waals surface area contributed by atoms with Gasteiger partial charge in [-0.1, -0.05) is 25.0 Å². The van der Waals surface area contributed by atoms with Gasteiger partial charge >= 0.3 is 0 Å². The van der Waals surface area contributed by atoms with Crippen LogP contribution >= 0.6 is 0 Å². The molecule has 0 aliphatic heterocycles. The molecule has 7 nitrogen and oxygen atoms in total. The number of benzene rings is 1. The fourth-order valence-electron chi connectivity index (χ4n) is 2.68. The minimum Gasteiger partial charge on any atom is -0.396 e. The lowest BCUT2D eigenvalue weighted by Crippen LogP contribution is -2.43. The van der Waals surface area contributed by atoms with Gasteiger partial charge in [-0.3, -0.25) is 10.1 Å². The van der Waals surface area contributed by atoms with E-state index in [0.29, 0.717) is 6.42 Å². The van der Waals surface area contributed by atoms with Crippen LogP contribution in [-0.4, -0.2) is 31.1 Å². The maximum absolute atomic E-state index is 12.4. The van der Waals surface area contributed by atoms with Crippen molar-refractivity contribution >= 4 is 15.7 Å². The van der Waals surface area contributed by atoms with Crippen LogP contribution in [0.5, 0.6) is 0 Å². The molecule has 116 valence electrons. The summed E-state index contributed by atoms with van der Waals surface area (Å²) >= 11 is 0. The molecule has 0 radical (unpaired) electrons. The summed E-state index contributed by atoms with van der Waals surface area (Å²) in [5.74, 6) is -0.142. The quantitative estimate of drug-likeness (QED) is 0.631. The first-order valence-corrected chi connectivity index (χ1v) is 8.30. The highest BCUT2D eigenvalue weighted by Crippen LogP contribution is 2.28. The highest BCUT2D eigenvalue weighted by molar-refractivity contribution is 7.89. The van der Waals surface area contributed by atoms with E-state index >= 15 is 0 Å². The van der Waals surface area contributed by atoms with Gasteiger partial charge in [0.2, 0.25) is 10.0 Å². The second-order valence-corrected chi connectivity index (χ2v) is 6.86. The molecule has 2 unspecified atom stereocenters. The minimum absolute atomic E-state index is 0.0932. The molecule has 1 aromatic rings. The number of nitro benzene ring substituents is 1. The Kier molecular flexibility index (Phi) is 4.92. The summed E-state index contributed by atoms with van der Waals surface area (Å²) in [5, 5.41) is 20.3. The number of hydrogen-bond donors (Lipinski definition) is 2. The van der Waals surface area contributed by atoms with E-state index in [1.807, 2.05) is 0 Å². The fourth-order valence-corrected chi connectivity index (χ4v) is 4.19. The van der Waals surface area contributed by atoms with Crippen molar-refractivity contribution < 1.29 is 18.4 Å².